The Morgan fingerprint density at radius 1 is 1.00 bits per heavy atom. The number of aromatic hydroxyl groups is 1. The van der Waals surface area contributed by atoms with Crippen LogP contribution in [0.1, 0.15) is 11.1 Å². The van der Waals surface area contributed by atoms with Gasteiger partial charge in [-0.15, -0.1) is 0 Å². The fourth-order valence-electron chi connectivity index (χ4n) is 4.05. The largest absolute Gasteiger partial charge is 0.507 e. The molecule has 11 heteroatoms. The minimum Gasteiger partial charge on any atom is -0.507 e. The molecule has 5 aromatic rings. The van der Waals surface area contributed by atoms with Crippen molar-refractivity contribution in [3.05, 3.63) is 109 Å². The first-order valence-corrected chi connectivity index (χ1v) is 13.6. The third-order valence-corrected chi connectivity index (χ3v) is 7.56. The first-order chi connectivity index (χ1) is 18.8. The summed E-state index contributed by atoms with van der Waals surface area (Å²) in [7, 11) is -1.74. The number of para-hydroxylation sites is 1. The summed E-state index contributed by atoms with van der Waals surface area (Å²) in [6.45, 7) is 4.14. The quantitative estimate of drug-likeness (QED) is 0.185. The summed E-state index contributed by atoms with van der Waals surface area (Å²) in [6, 6.07) is 22.7. The molecular weight excluding hydrogens is 513 g/mol. The molecule has 0 radical (unpaired) electrons. The van der Waals surface area contributed by atoms with Crippen LogP contribution in [-0.2, 0) is 23.1 Å². The molecule has 0 aliphatic carbocycles. The Balaban J connectivity index is 1.27. The average molecular weight is 539 g/mol. The molecule has 0 saturated heterocycles. The zero-order chi connectivity index (χ0) is 27.4. The molecule has 0 amide bonds. The molecule has 196 valence electrons. The Hall–Kier alpha value is -4.61. The van der Waals surface area contributed by atoms with Crippen molar-refractivity contribution in [2.24, 2.45) is 0 Å². The van der Waals surface area contributed by atoms with Crippen molar-refractivity contribution in [2.45, 2.75) is 18.0 Å². The van der Waals surface area contributed by atoms with Crippen LogP contribution in [0, 0.1) is 0 Å². The highest BCUT2D eigenvalue weighted by molar-refractivity contribution is 7.89. The zero-order valence-corrected chi connectivity index (χ0v) is 22.0. The van der Waals surface area contributed by atoms with Gasteiger partial charge in [-0.3, -0.25) is 0 Å². The van der Waals surface area contributed by atoms with E-state index in [1.807, 2.05) is 50.3 Å². The molecule has 0 aliphatic heterocycles. The van der Waals surface area contributed by atoms with Gasteiger partial charge in [-0.05, 0) is 53.0 Å². The Morgan fingerprint density at radius 2 is 1.69 bits per heavy atom. The summed E-state index contributed by atoms with van der Waals surface area (Å²) in [4.78, 5) is 4.86. The second kappa shape index (κ2) is 11.0. The number of sulfonamides is 1. The number of hydrogen-bond donors (Lipinski definition) is 3. The lowest BCUT2D eigenvalue weighted by atomic mass is 10.0. The average Bonchev–Trinajstić information content (AvgIpc) is 3.32. The molecule has 0 aliphatic rings. The smallest absolute Gasteiger partial charge is 0.240 e. The number of anilines is 1. The Morgan fingerprint density at radius 3 is 2.38 bits per heavy atom. The third kappa shape index (κ3) is 5.79. The normalized spacial score (nSPS) is 11.4. The fourth-order valence-corrected chi connectivity index (χ4v) is 5.07. The summed E-state index contributed by atoms with van der Waals surface area (Å²) in [6.07, 6.45) is 3.03. The summed E-state index contributed by atoms with van der Waals surface area (Å²) in [5.41, 5.74) is 4.71. The van der Waals surface area contributed by atoms with Crippen molar-refractivity contribution in [3.8, 4) is 22.8 Å². The van der Waals surface area contributed by atoms with Gasteiger partial charge in [0.15, 0.2) is 5.65 Å². The molecule has 0 saturated carbocycles. The second-order valence-electron chi connectivity index (χ2n) is 8.86. The van der Waals surface area contributed by atoms with Crippen molar-refractivity contribution in [1.82, 2.24) is 19.3 Å². The maximum Gasteiger partial charge on any atom is 0.240 e. The van der Waals surface area contributed by atoms with E-state index in [1.54, 1.807) is 35.0 Å². The maximum atomic E-state index is 12.6. The predicted octanol–water partition coefficient (Wildman–Crippen LogP) is 2.97. The number of nitrogens with one attached hydrogen (secondary N) is 2. The van der Waals surface area contributed by atoms with Crippen LogP contribution in [0.2, 0.25) is 0 Å². The number of phenolic OH excluding ortho intramolecular Hbond substituents is 1. The van der Waals surface area contributed by atoms with Gasteiger partial charge in [-0.25, -0.2) is 18.1 Å². The number of nitrogens with zero attached hydrogens (tertiary/aromatic N) is 3. The van der Waals surface area contributed by atoms with E-state index in [2.05, 4.69) is 21.7 Å². The topological polar surface area (TPSA) is 118 Å². The van der Waals surface area contributed by atoms with Gasteiger partial charge in [-0.2, -0.15) is 9.61 Å². The van der Waals surface area contributed by atoms with Gasteiger partial charge in [0.1, 0.15) is 25.2 Å². The van der Waals surface area contributed by atoms with Crippen LogP contribution >= 0.6 is 0 Å². The minimum atomic E-state index is -3.67. The van der Waals surface area contributed by atoms with Gasteiger partial charge in [0.25, 0.3) is 0 Å². The van der Waals surface area contributed by atoms with Crippen LogP contribution < -0.4 is 20.2 Å². The van der Waals surface area contributed by atoms with Gasteiger partial charge in [-0.1, -0.05) is 43.0 Å². The zero-order valence-electron chi connectivity index (χ0n) is 21.2. The van der Waals surface area contributed by atoms with Crippen LogP contribution in [0.3, 0.4) is 0 Å². The number of hydrogen-bond acceptors (Lipinski definition) is 7. The number of phenols is 1. The molecular formula is C28H26BN5O4S. The van der Waals surface area contributed by atoms with Crippen molar-refractivity contribution < 1.29 is 18.3 Å². The molecule has 2 heterocycles. The van der Waals surface area contributed by atoms with E-state index in [-0.39, 0.29) is 17.2 Å². The molecule has 0 fully saturated rings. The van der Waals surface area contributed by atoms with Crippen molar-refractivity contribution in [2.75, 3.05) is 5.32 Å². The van der Waals surface area contributed by atoms with Crippen LogP contribution in [0.4, 0.5) is 5.82 Å². The van der Waals surface area contributed by atoms with E-state index < -0.39 is 10.0 Å². The number of ether oxygens (including phenoxy) is 1. The number of aromatic nitrogens is 3. The first-order valence-electron chi connectivity index (χ1n) is 12.2. The van der Waals surface area contributed by atoms with Crippen molar-refractivity contribution in [3.63, 3.8) is 0 Å². The molecule has 0 atom stereocenters. The molecule has 3 aromatic carbocycles. The highest BCUT2D eigenvalue weighted by Gasteiger charge is 2.15. The van der Waals surface area contributed by atoms with Crippen molar-refractivity contribution in [1.29, 1.82) is 0 Å². The molecule has 0 bridgehead atoms. The summed E-state index contributed by atoms with van der Waals surface area (Å²) >= 11 is 0. The SMILES string of the molecule is Bc1cnn2c(NCc3ccc(CNS(=O)(=O)c4ccc(OC=C)cc4)cc3)cc(-c3ccccc3O)nc12. The monoisotopic (exact) mass is 539 g/mol. The summed E-state index contributed by atoms with van der Waals surface area (Å²) in [5, 5.41) is 18.2. The summed E-state index contributed by atoms with van der Waals surface area (Å²) in [5.74, 6) is 1.40. The van der Waals surface area contributed by atoms with Gasteiger partial charge in [0.05, 0.1) is 16.9 Å². The highest BCUT2D eigenvalue weighted by Crippen LogP contribution is 2.29. The Bertz CT molecular complexity index is 1740. The molecule has 0 unspecified atom stereocenters. The molecule has 9 nitrogen and oxygen atoms in total. The second-order valence-corrected chi connectivity index (χ2v) is 10.6. The van der Waals surface area contributed by atoms with E-state index in [0.717, 1.165) is 22.4 Å². The number of benzene rings is 3. The van der Waals surface area contributed by atoms with E-state index >= 15 is 0 Å². The van der Waals surface area contributed by atoms with Crippen molar-refractivity contribution >= 4 is 34.8 Å². The summed E-state index contributed by atoms with van der Waals surface area (Å²) < 4.78 is 34.8. The fraction of sp³-hybridized carbons (Fsp3) is 0.0714. The predicted molar refractivity (Wildman–Crippen MR) is 153 cm³/mol. The highest BCUT2D eigenvalue weighted by atomic mass is 32.2. The molecule has 3 N–H and O–H groups in total. The third-order valence-electron chi connectivity index (χ3n) is 6.14. The van der Waals surface area contributed by atoms with E-state index in [9.17, 15) is 13.5 Å². The standard InChI is InChI=1S/C28H26BN5O4S/c1-2-38-21-11-13-22(14-12-21)39(36,37)32-17-20-9-7-19(8-10-20)16-30-27-15-25(23-5-3-4-6-26(23)35)33-28-24(29)18-31-34(27)28/h2-15,18,30,32,35H,1,16-17,29H2. The van der Waals surface area contributed by atoms with Gasteiger partial charge >= 0.3 is 0 Å². The van der Waals surface area contributed by atoms with Gasteiger partial charge in [0, 0.05) is 30.9 Å². The molecule has 39 heavy (non-hydrogen) atoms. The van der Waals surface area contributed by atoms with Crippen LogP contribution in [0.25, 0.3) is 16.9 Å². The van der Waals surface area contributed by atoms with Gasteiger partial charge in [0.2, 0.25) is 10.0 Å². The minimum absolute atomic E-state index is 0.153. The van der Waals surface area contributed by atoms with Crippen LogP contribution in [0.15, 0.2) is 103 Å². The lowest BCUT2D eigenvalue weighted by Crippen LogP contribution is -2.23. The van der Waals surface area contributed by atoms with Crippen LogP contribution in [-0.4, -0.2) is 36.0 Å². The van der Waals surface area contributed by atoms with Crippen LogP contribution in [0.5, 0.6) is 11.5 Å². The van der Waals surface area contributed by atoms with E-state index in [4.69, 9.17) is 9.72 Å². The lowest BCUT2D eigenvalue weighted by molar-refractivity contribution is 0.477. The molecule has 2 aromatic heterocycles. The lowest BCUT2D eigenvalue weighted by Gasteiger charge is -2.12. The van der Waals surface area contributed by atoms with E-state index in [1.165, 1.54) is 18.4 Å². The first kappa shape index (κ1) is 26.0. The Kier molecular flexibility index (Phi) is 7.35. The number of fused-ring (bicyclic) bond motifs is 1. The maximum absolute atomic E-state index is 12.6. The van der Waals surface area contributed by atoms with E-state index in [0.29, 0.717) is 29.2 Å². The molecule has 5 rings (SSSR count). The Labute approximate surface area is 227 Å². The number of rotatable bonds is 10. The molecule has 0 spiro atoms. The van der Waals surface area contributed by atoms with Gasteiger partial charge < -0.3 is 15.2 Å².